The fourth-order valence-corrected chi connectivity index (χ4v) is 2.93. The second kappa shape index (κ2) is 5.94. The molecule has 0 spiro atoms. The monoisotopic (exact) mass is 276 g/mol. The number of halogens is 1. The van der Waals surface area contributed by atoms with Gasteiger partial charge in [0, 0.05) is 36.7 Å². The Kier molecular flexibility index (Phi) is 4.03. The zero-order valence-corrected chi connectivity index (χ0v) is 11.9. The van der Waals surface area contributed by atoms with Crippen molar-refractivity contribution in [2.75, 3.05) is 32.8 Å². The van der Waals surface area contributed by atoms with Crippen LogP contribution in [0.4, 0.5) is 4.39 Å². The zero-order valence-electron chi connectivity index (χ0n) is 11.9. The van der Waals surface area contributed by atoms with E-state index < -0.39 is 0 Å². The number of aromatic nitrogens is 1. The topological polar surface area (TPSA) is 17.4 Å². The van der Waals surface area contributed by atoms with Crippen LogP contribution in [0.25, 0.3) is 10.9 Å². The van der Waals surface area contributed by atoms with Crippen LogP contribution in [0.1, 0.15) is 12.1 Å². The Bertz CT molecular complexity index is 587. The number of hydrogen-bond donors (Lipinski definition) is 0. The van der Waals surface area contributed by atoms with Gasteiger partial charge in [0.1, 0.15) is 5.82 Å². The molecule has 0 atom stereocenters. The lowest BCUT2D eigenvalue weighted by Crippen LogP contribution is -2.37. The van der Waals surface area contributed by atoms with E-state index in [9.17, 15) is 4.39 Å². The van der Waals surface area contributed by atoms with Crippen LogP contribution in [0.3, 0.4) is 0 Å². The third-order valence-electron chi connectivity index (χ3n) is 4.11. The molecule has 2 heterocycles. The Balaban J connectivity index is 1.63. The van der Waals surface area contributed by atoms with Crippen molar-refractivity contribution in [1.29, 1.82) is 0 Å². The van der Waals surface area contributed by atoms with Crippen molar-refractivity contribution < 1.29 is 9.13 Å². The SMILES string of the molecule is Cn1c(CCCN2CCOCC2)cc2cc(F)ccc21. The quantitative estimate of drug-likeness (QED) is 0.854. The Morgan fingerprint density at radius 2 is 2.00 bits per heavy atom. The molecule has 0 saturated carbocycles. The number of rotatable bonds is 4. The smallest absolute Gasteiger partial charge is 0.123 e. The van der Waals surface area contributed by atoms with Crippen molar-refractivity contribution in [1.82, 2.24) is 9.47 Å². The van der Waals surface area contributed by atoms with Crippen LogP contribution in [-0.4, -0.2) is 42.3 Å². The summed E-state index contributed by atoms with van der Waals surface area (Å²) >= 11 is 0. The van der Waals surface area contributed by atoms with Gasteiger partial charge in [0.2, 0.25) is 0 Å². The average Bonchev–Trinajstić information content (AvgIpc) is 2.76. The first-order chi connectivity index (χ1) is 9.74. The lowest BCUT2D eigenvalue weighted by molar-refractivity contribution is 0.0374. The molecule has 0 radical (unpaired) electrons. The molecular formula is C16H21FN2O. The minimum atomic E-state index is -0.164. The number of benzene rings is 1. The number of nitrogens with zero attached hydrogens (tertiary/aromatic N) is 2. The molecule has 0 aliphatic carbocycles. The number of ether oxygens (including phenoxy) is 1. The lowest BCUT2D eigenvalue weighted by atomic mass is 10.2. The first kappa shape index (κ1) is 13.6. The molecule has 0 bridgehead atoms. The van der Waals surface area contributed by atoms with E-state index in [0.717, 1.165) is 56.6 Å². The van der Waals surface area contributed by atoms with E-state index in [0.29, 0.717) is 0 Å². The predicted octanol–water partition coefficient (Wildman–Crippen LogP) is 2.58. The summed E-state index contributed by atoms with van der Waals surface area (Å²) in [5.41, 5.74) is 2.38. The molecule has 1 aromatic heterocycles. The first-order valence-electron chi connectivity index (χ1n) is 7.28. The highest BCUT2D eigenvalue weighted by molar-refractivity contribution is 5.81. The van der Waals surface area contributed by atoms with Gasteiger partial charge in [-0.1, -0.05) is 0 Å². The Labute approximate surface area is 118 Å². The minimum Gasteiger partial charge on any atom is -0.379 e. The summed E-state index contributed by atoms with van der Waals surface area (Å²) in [5.74, 6) is -0.164. The number of fused-ring (bicyclic) bond motifs is 1. The third kappa shape index (κ3) is 2.86. The molecule has 0 unspecified atom stereocenters. The minimum absolute atomic E-state index is 0.164. The van der Waals surface area contributed by atoms with Gasteiger partial charge >= 0.3 is 0 Å². The summed E-state index contributed by atoms with van der Waals surface area (Å²) in [5, 5.41) is 0.994. The van der Waals surface area contributed by atoms with Crippen LogP contribution in [-0.2, 0) is 18.2 Å². The van der Waals surface area contributed by atoms with Crippen molar-refractivity contribution in [3.8, 4) is 0 Å². The molecule has 2 aromatic rings. The molecule has 108 valence electrons. The Hall–Kier alpha value is -1.39. The molecule has 3 nitrogen and oxygen atoms in total. The van der Waals surface area contributed by atoms with Gasteiger partial charge in [0.25, 0.3) is 0 Å². The van der Waals surface area contributed by atoms with Gasteiger partial charge in [0.05, 0.1) is 13.2 Å². The molecule has 1 fully saturated rings. The van der Waals surface area contributed by atoms with Gasteiger partial charge in [0.15, 0.2) is 0 Å². The van der Waals surface area contributed by atoms with Crippen LogP contribution in [0.15, 0.2) is 24.3 Å². The molecule has 0 amide bonds. The molecule has 4 heteroatoms. The standard InChI is InChI=1S/C16H21FN2O/c1-18-15(3-2-6-19-7-9-20-10-8-19)12-13-11-14(17)4-5-16(13)18/h4-5,11-12H,2-3,6-10H2,1H3. The highest BCUT2D eigenvalue weighted by atomic mass is 19.1. The van der Waals surface area contributed by atoms with Gasteiger partial charge in [-0.3, -0.25) is 4.90 Å². The van der Waals surface area contributed by atoms with Crippen molar-refractivity contribution in [3.63, 3.8) is 0 Å². The predicted molar refractivity (Wildman–Crippen MR) is 78.5 cm³/mol. The molecule has 1 saturated heterocycles. The molecule has 1 aliphatic heterocycles. The van der Waals surface area contributed by atoms with Crippen molar-refractivity contribution in [2.45, 2.75) is 12.8 Å². The van der Waals surface area contributed by atoms with Crippen LogP contribution in [0.2, 0.25) is 0 Å². The second-order valence-electron chi connectivity index (χ2n) is 5.46. The maximum Gasteiger partial charge on any atom is 0.123 e. The van der Waals surface area contributed by atoms with Crippen molar-refractivity contribution >= 4 is 10.9 Å². The normalized spacial score (nSPS) is 16.9. The van der Waals surface area contributed by atoms with E-state index in [1.807, 2.05) is 6.07 Å². The number of hydrogen-bond acceptors (Lipinski definition) is 2. The summed E-state index contributed by atoms with van der Waals surface area (Å²) < 4.78 is 20.8. The van der Waals surface area contributed by atoms with Gasteiger partial charge in [-0.25, -0.2) is 4.39 Å². The fraction of sp³-hybridized carbons (Fsp3) is 0.500. The average molecular weight is 276 g/mol. The summed E-state index contributed by atoms with van der Waals surface area (Å²) in [4.78, 5) is 2.45. The molecule has 1 aliphatic rings. The largest absolute Gasteiger partial charge is 0.379 e. The maximum absolute atomic E-state index is 13.2. The highest BCUT2D eigenvalue weighted by Gasteiger charge is 2.11. The van der Waals surface area contributed by atoms with Crippen molar-refractivity contribution in [2.24, 2.45) is 7.05 Å². The zero-order chi connectivity index (χ0) is 13.9. The molecule has 3 rings (SSSR count). The van der Waals surface area contributed by atoms with Crippen LogP contribution in [0.5, 0.6) is 0 Å². The summed E-state index contributed by atoms with van der Waals surface area (Å²) in [7, 11) is 2.06. The van der Waals surface area contributed by atoms with E-state index in [1.165, 1.54) is 11.8 Å². The van der Waals surface area contributed by atoms with E-state index >= 15 is 0 Å². The number of morpholine rings is 1. The Morgan fingerprint density at radius 3 is 2.80 bits per heavy atom. The number of aryl methyl sites for hydroxylation is 2. The van der Waals surface area contributed by atoms with Crippen molar-refractivity contribution in [3.05, 3.63) is 35.8 Å². The van der Waals surface area contributed by atoms with Gasteiger partial charge in [-0.05, 0) is 43.7 Å². The summed E-state index contributed by atoms with van der Waals surface area (Å²) in [6.45, 7) is 4.90. The van der Waals surface area contributed by atoms with E-state index in [-0.39, 0.29) is 5.82 Å². The van der Waals surface area contributed by atoms with Crippen LogP contribution >= 0.6 is 0 Å². The molecule has 20 heavy (non-hydrogen) atoms. The van der Waals surface area contributed by atoms with Crippen LogP contribution < -0.4 is 0 Å². The van der Waals surface area contributed by atoms with Gasteiger partial charge in [-0.15, -0.1) is 0 Å². The second-order valence-corrected chi connectivity index (χ2v) is 5.46. The molecular weight excluding hydrogens is 255 g/mol. The van der Waals surface area contributed by atoms with E-state index in [2.05, 4.69) is 22.6 Å². The van der Waals surface area contributed by atoms with Crippen LogP contribution in [0, 0.1) is 5.82 Å². The van der Waals surface area contributed by atoms with E-state index in [1.54, 1.807) is 6.07 Å². The third-order valence-corrected chi connectivity index (χ3v) is 4.11. The summed E-state index contributed by atoms with van der Waals surface area (Å²) in [6.07, 6.45) is 2.16. The first-order valence-corrected chi connectivity index (χ1v) is 7.28. The lowest BCUT2D eigenvalue weighted by Gasteiger charge is -2.26. The maximum atomic E-state index is 13.2. The highest BCUT2D eigenvalue weighted by Crippen LogP contribution is 2.20. The van der Waals surface area contributed by atoms with Gasteiger partial charge < -0.3 is 9.30 Å². The molecule has 0 N–H and O–H groups in total. The Morgan fingerprint density at radius 1 is 1.20 bits per heavy atom. The van der Waals surface area contributed by atoms with Gasteiger partial charge in [-0.2, -0.15) is 0 Å². The summed E-state index contributed by atoms with van der Waals surface area (Å²) in [6, 6.07) is 7.11. The fourth-order valence-electron chi connectivity index (χ4n) is 2.93. The van der Waals surface area contributed by atoms with E-state index in [4.69, 9.17) is 4.74 Å². The molecule has 1 aromatic carbocycles.